The molecule has 0 aliphatic carbocycles. The molecule has 0 spiro atoms. The second-order valence-corrected chi connectivity index (χ2v) is 5.47. The van der Waals surface area contributed by atoms with Crippen LogP contribution < -0.4 is 9.92 Å². The minimum atomic E-state index is -1.19. The van der Waals surface area contributed by atoms with E-state index in [1.165, 1.54) is 0 Å². The minimum Gasteiger partial charge on any atom is -0.400 e. The van der Waals surface area contributed by atoms with Crippen LogP contribution in [0.25, 0.3) is 11.1 Å². The topological polar surface area (TPSA) is 52.3 Å². The second-order valence-electron chi connectivity index (χ2n) is 4.29. The first kappa shape index (κ1) is 11.3. The number of fused-ring (bicyclic) bond motifs is 1. The molecule has 18 heavy (non-hydrogen) atoms. The smallest absolute Gasteiger partial charge is 0.206 e. The van der Waals surface area contributed by atoms with Crippen molar-refractivity contribution < 1.29 is 8.39 Å². The SMILES string of the molecule is Nc1ccc(-c2ccc3c(c2)OS(=O)CC3)cc1. The largest absolute Gasteiger partial charge is 0.400 e. The molecule has 1 atom stereocenters. The van der Waals surface area contributed by atoms with Crippen molar-refractivity contribution >= 4 is 16.8 Å². The molecule has 3 rings (SSSR count). The molecule has 0 fully saturated rings. The van der Waals surface area contributed by atoms with Gasteiger partial charge in [0.05, 0.1) is 5.75 Å². The van der Waals surface area contributed by atoms with Gasteiger partial charge in [-0.1, -0.05) is 24.3 Å². The summed E-state index contributed by atoms with van der Waals surface area (Å²) < 4.78 is 16.8. The summed E-state index contributed by atoms with van der Waals surface area (Å²) in [4.78, 5) is 0. The Morgan fingerprint density at radius 2 is 1.78 bits per heavy atom. The maximum absolute atomic E-state index is 11.4. The molecule has 92 valence electrons. The first-order valence-electron chi connectivity index (χ1n) is 5.78. The predicted octanol–water partition coefficient (Wildman–Crippen LogP) is 2.53. The molecular formula is C14H13NO2S. The Labute approximate surface area is 108 Å². The van der Waals surface area contributed by atoms with E-state index < -0.39 is 11.1 Å². The molecule has 0 bridgehead atoms. The number of anilines is 1. The van der Waals surface area contributed by atoms with E-state index in [9.17, 15) is 4.21 Å². The summed E-state index contributed by atoms with van der Waals surface area (Å²) in [5.74, 6) is 1.31. The lowest BCUT2D eigenvalue weighted by Gasteiger charge is -2.16. The lowest BCUT2D eigenvalue weighted by atomic mass is 10.0. The molecule has 2 aromatic rings. The van der Waals surface area contributed by atoms with E-state index in [1.807, 2.05) is 36.4 Å². The van der Waals surface area contributed by atoms with Gasteiger partial charge in [0.1, 0.15) is 5.75 Å². The van der Waals surface area contributed by atoms with Crippen molar-refractivity contribution in [1.29, 1.82) is 0 Å². The fourth-order valence-electron chi connectivity index (χ4n) is 2.03. The normalized spacial score (nSPS) is 17.9. The van der Waals surface area contributed by atoms with Crippen molar-refractivity contribution in [2.75, 3.05) is 11.5 Å². The standard InChI is InChI=1S/C14H13NO2S/c15-13-5-3-10(4-6-13)12-2-1-11-7-8-18(16)17-14(11)9-12/h1-6,9H,7-8,15H2. The fourth-order valence-corrected chi connectivity index (χ4v) is 2.85. The summed E-state index contributed by atoms with van der Waals surface area (Å²) in [5.41, 5.74) is 9.66. The van der Waals surface area contributed by atoms with E-state index in [0.29, 0.717) is 5.75 Å². The van der Waals surface area contributed by atoms with Crippen molar-refractivity contribution in [2.45, 2.75) is 6.42 Å². The molecule has 0 radical (unpaired) electrons. The molecule has 1 aliphatic rings. The quantitative estimate of drug-likeness (QED) is 0.801. The summed E-state index contributed by atoms with van der Waals surface area (Å²) in [5, 5.41) is 0. The molecule has 1 heterocycles. The molecular weight excluding hydrogens is 246 g/mol. The van der Waals surface area contributed by atoms with E-state index in [0.717, 1.165) is 34.5 Å². The number of hydrogen-bond acceptors (Lipinski definition) is 3. The highest BCUT2D eigenvalue weighted by Crippen LogP contribution is 2.30. The Morgan fingerprint density at radius 3 is 2.56 bits per heavy atom. The molecule has 2 N–H and O–H groups in total. The van der Waals surface area contributed by atoms with Crippen molar-refractivity contribution in [3.63, 3.8) is 0 Å². The molecule has 1 aliphatic heterocycles. The van der Waals surface area contributed by atoms with E-state index in [2.05, 4.69) is 6.07 Å². The van der Waals surface area contributed by atoms with E-state index in [-0.39, 0.29) is 0 Å². The van der Waals surface area contributed by atoms with Gasteiger partial charge >= 0.3 is 0 Å². The summed E-state index contributed by atoms with van der Waals surface area (Å²) in [6.07, 6.45) is 0.809. The molecule has 0 amide bonds. The average Bonchev–Trinajstić information content (AvgIpc) is 2.38. The molecule has 2 aromatic carbocycles. The van der Waals surface area contributed by atoms with Crippen molar-refractivity contribution in [3.05, 3.63) is 48.0 Å². The monoisotopic (exact) mass is 259 g/mol. The number of nitrogens with two attached hydrogens (primary N) is 1. The van der Waals surface area contributed by atoms with Gasteiger partial charge < -0.3 is 9.92 Å². The number of benzene rings is 2. The number of aryl methyl sites for hydroxylation is 1. The molecule has 0 saturated heterocycles. The van der Waals surface area contributed by atoms with Gasteiger partial charge in [-0.2, -0.15) is 0 Å². The predicted molar refractivity (Wildman–Crippen MR) is 73.6 cm³/mol. The fraction of sp³-hybridized carbons (Fsp3) is 0.143. The van der Waals surface area contributed by atoms with Crippen LogP contribution >= 0.6 is 0 Å². The van der Waals surface area contributed by atoms with Gasteiger partial charge in [0.15, 0.2) is 0 Å². The third-order valence-electron chi connectivity index (χ3n) is 3.03. The van der Waals surface area contributed by atoms with Gasteiger partial charge in [-0.25, -0.2) is 4.21 Å². The highest BCUT2D eigenvalue weighted by atomic mass is 32.2. The van der Waals surface area contributed by atoms with E-state index in [4.69, 9.17) is 9.92 Å². The lowest BCUT2D eigenvalue weighted by molar-refractivity contribution is 0.545. The molecule has 4 heteroatoms. The van der Waals surface area contributed by atoms with Crippen LogP contribution in [0.2, 0.25) is 0 Å². The van der Waals surface area contributed by atoms with Crippen LogP contribution in [0, 0.1) is 0 Å². The Balaban J connectivity index is 2.01. The van der Waals surface area contributed by atoms with E-state index >= 15 is 0 Å². The van der Waals surface area contributed by atoms with Crippen LogP contribution in [0.3, 0.4) is 0 Å². The van der Waals surface area contributed by atoms with Gasteiger partial charge in [0.25, 0.3) is 0 Å². The lowest BCUT2D eigenvalue weighted by Crippen LogP contribution is -2.14. The summed E-state index contributed by atoms with van der Waals surface area (Å²) in [6, 6.07) is 13.7. The molecule has 1 unspecified atom stereocenters. The third kappa shape index (κ3) is 2.11. The zero-order chi connectivity index (χ0) is 12.5. The average molecular weight is 259 g/mol. The van der Waals surface area contributed by atoms with Crippen LogP contribution in [0.1, 0.15) is 5.56 Å². The number of hydrogen-bond donors (Lipinski definition) is 1. The highest BCUT2D eigenvalue weighted by molar-refractivity contribution is 7.80. The van der Waals surface area contributed by atoms with Gasteiger partial charge in [0, 0.05) is 5.69 Å². The zero-order valence-corrected chi connectivity index (χ0v) is 10.6. The van der Waals surface area contributed by atoms with Crippen molar-refractivity contribution in [1.82, 2.24) is 0 Å². The van der Waals surface area contributed by atoms with Crippen LogP contribution in [0.5, 0.6) is 5.75 Å². The first-order valence-corrected chi connectivity index (χ1v) is 7.02. The van der Waals surface area contributed by atoms with Crippen LogP contribution in [-0.2, 0) is 17.5 Å². The van der Waals surface area contributed by atoms with Gasteiger partial charge in [0.2, 0.25) is 11.1 Å². The Morgan fingerprint density at radius 1 is 1.06 bits per heavy atom. The van der Waals surface area contributed by atoms with Crippen molar-refractivity contribution in [3.8, 4) is 16.9 Å². The number of nitrogen functional groups attached to an aromatic ring is 1. The molecule has 0 aromatic heterocycles. The van der Waals surface area contributed by atoms with Gasteiger partial charge in [-0.05, 0) is 41.3 Å². The summed E-state index contributed by atoms with van der Waals surface area (Å²) in [6.45, 7) is 0. The zero-order valence-electron chi connectivity index (χ0n) is 9.76. The summed E-state index contributed by atoms with van der Waals surface area (Å²) >= 11 is -1.19. The van der Waals surface area contributed by atoms with Crippen LogP contribution in [0.4, 0.5) is 5.69 Å². The first-order chi connectivity index (χ1) is 8.72. The maximum Gasteiger partial charge on any atom is 0.206 e. The Hall–Kier alpha value is -1.81. The van der Waals surface area contributed by atoms with Crippen LogP contribution in [-0.4, -0.2) is 9.96 Å². The van der Waals surface area contributed by atoms with E-state index in [1.54, 1.807) is 0 Å². The Bertz CT molecular complexity index is 608. The second kappa shape index (κ2) is 4.46. The minimum absolute atomic E-state index is 0.578. The van der Waals surface area contributed by atoms with Crippen LogP contribution in [0.15, 0.2) is 42.5 Å². The number of rotatable bonds is 1. The van der Waals surface area contributed by atoms with Gasteiger partial charge in [-0.15, -0.1) is 0 Å². The Kier molecular flexibility index (Phi) is 2.80. The van der Waals surface area contributed by atoms with Gasteiger partial charge in [-0.3, -0.25) is 0 Å². The maximum atomic E-state index is 11.4. The summed E-state index contributed by atoms with van der Waals surface area (Å²) in [7, 11) is 0. The highest BCUT2D eigenvalue weighted by Gasteiger charge is 2.16. The third-order valence-corrected chi connectivity index (χ3v) is 3.93. The van der Waals surface area contributed by atoms with Crippen molar-refractivity contribution in [2.24, 2.45) is 0 Å². The molecule has 3 nitrogen and oxygen atoms in total. The molecule has 0 saturated carbocycles.